The van der Waals surface area contributed by atoms with Crippen molar-refractivity contribution in [1.82, 2.24) is 0 Å². The average Bonchev–Trinajstić information content (AvgIpc) is 1.76. The molecule has 1 heterocycles. The van der Waals surface area contributed by atoms with Crippen LogP contribution in [0.25, 0.3) is 0 Å². The maximum atomic E-state index is 2.30. The Labute approximate surface area is 64.2 Å². The van der Waals surface area contributed by atoms with Gasteiger partial charge in [0.25, 0.3) is 0 Å². The molecule has 0 amide bonds. The SMILES string of the molecule is C1=C[CH2][Mg][CH2]1.[MgH2]. The molecule has 0 spiro atoms. The molecule has 1 rings (SSSR count). The number of hydrogen-bond acceptors (Lipinski definition) is 0. The van der Waals surface area contributed by atoms with Crippen molar-refractivity contribution in [1.29, 1.82) is 0 Å². The van der Waals surface area contributed by atoms with Crippen molar-refractivity contribution in [2.45, 2.75) is 9.10 Å². The fourth-order valence-electron chi connectivity index (χ4n) is 0.589. The first-order valence-electron chi connectivity index (χ1n) is 2.15. The summed E-state index contributed by atoms with van der Waals surface area (Å²) in [7, 11) is 0. The lowest BCUT2D eigenvalue weighted by Gasteiger charge is -1.60. The smallest absolute Gasteiger partial charge is 0.128 e. The zero-order chi connectivity index (χ0) is 3.54. The lowest BCUT2D eigenvalue weighted by Crippen LogP contribution is -1.70. The molecule has 0 aliphatic carbocycles. The van der Waals surface area contributed by atoms with Crippen molar-refractivity contribution in [3.05, 3.63) is 12.2 Å². The molecule has 0 radical (unpaired) electrons. The summed E-state index contributed by atoms with van der Waals surface area (Å²) in [6, 6.07) is 0. The average molecular weight is 105 g/mol. The van der Waals surface area contributed by atoms with Gasteiger partial charge in [-0.2, -0.15) is 0 Å². The third-order valence-corrected chi connectivity index (χ3v) is 2.39. The minimum Gasteiger partial charge on any atom is -0.128 e. The molecule has 0 unspecified atom stereocenters. The second-order valence-electron chi connectivity index (χ2n) is 1.40. The van der Waals surface area contributed by atoms with Gasteiger partial charge in [0.2, 0.25) is 0 Å². The van der Waals surface area contributed by atoms with Crippen molar-refractivity contribution in [2.75, 3.05) is 0 Å². The first-order chi connectivity index (χ1) is 2.50. The quantitative estimate of drug-likeness (QED) is 0.304. The van der Waals surface area contributed by atoms with Crippen LogP contribution in [0.2, 0.25) is 9.10 Å². The summed E-state index contributed by atoms with van der Waals surface area (Å²) in [4.78, 5) is 0. The highest BCUT2D eigenvalue weighted by Crippen LogP contribution is 1.97. The lowest BCUT2D eigenvalue weighted by atomic mass is 10.6. The molecule has 6 heavy (non-hydrogen) atoms. The number of allylic oxidation sites excluding steroid dienone is 2. The highest BCUT2D eigenvalue weighted by Gasteiger charge is 1.92. The van der Waals surface area contributed by atoms with E-state index in [9.17, 15) is 0 Å². The summed E-state index contributed by atoms with van der Waals surface area (Å²) in [6.07, 6.45) is 4.60. The molecule has 0 aromatic heterocycles. The van der Waals surface area contributed by atoms with E-state index in [1.807, 2.05) is 0 Å². The molecule has 1 aliphatic heterocycles. The second-order valence-corrected chi connectivity index (χ2v) is 3.26. The maximum Gasteiger partial charge on any atom is 0.375 e. The Bertz CT molecular complexity index is 43.5. The van der Waals surface area contributed by atoms with Gasteiger partial charge in [0, 0.05) is 0 Å². The van der Waals surface area contributed by atoms with Crippen molar-refractivity contribution >= 4 is 43.4 Å². The summed E-state index contributed by atoms with van der Waals surface area (Å²) in [5.41, 5.74) is 0. The van der Waals surface area contributed by atoms with Crippen LogP contribution >= 0.6 is 0 Å². The van der Waals surface area contributed by atoms with Crippen molar-refractivity contribution in [3.8, 4) is 0 Å². The van der Waals surface area contributed by atoms with Crippen LogP contribution in [0.3, 0.4) is 0 Å². The van der Waals surface area contributed by atoms with Crippen molar-refractivity contribution in [3.63, 3.8) is 0 Å². The molecule has 0 saturated heterocycles. The normalized spacial score (nSPS) is 14.7. The zero-order valence-electron chi connectivity index (χ0n) is 3.28. The summed E-state index contributed by atoms with van der Waals surface area (Å²) < 4.78 is 2.92. The van der Waals surface area contributed by atoms with Crippen LogP contribution in [0.4, 0.5) is 0 Å². The van der Waals surface area contributed by atoms with Gasteiger partial charge in [-0.05, 0) is 0 Å². The summed E-state index contributed by atoms with van der Waals surface area (Å²) in [5, 5.41) is 0. The Morgan fingerprint density at radius 3 is 1.83 bits per heavy atom. The molecule has 0 nitrogen and oxygen atoms in total. The van der Waals surface area contributed by atoms with Crippen LogP contribution < -0.4 is 0 Å². The van der Waals surface area contributed by atoms with Gasteiger partial charge in [0.05, 0.1) is 0 Å². The molecule has 0 atom stereocenters. The van der Waals surface area contributed by atoms with E-state index >= 15 is 0 Å². The van der Waals surface area contributed by atoms with E-state index in [4.69, 9.17) is 0 Å². The van der Waals surface area contributed by atoms with Crippen LogP contribution in [0, 0.1) is 0 Å². The van der Waals surface area contributed by atoms with Gasteiger partial charge in [-0.1, -0.05) is 0 Å². The predicted molar refractivity (Wildman–Crippen MR) is 33.1 cm³/mol. The van der Waals surface area contributed by atoms with Gasteiger partial charge < -0.3 is 0 Å². The van der Waals surface area contributed by atoms with Gasteiger partial charge >= 0.3 is 43.4 Å². The molecular formula is C4H8Mg2. The summed E-state index contributed by atoms with van der Waals surface area (Å²) >= 11 is 0.432. The van der Waals surface area contributed by atoms with Gasteiger partial charge in [0.15, 0.2) is 0 Å². The van der Waals surface area contributed by atoms with Crippen molar-refractivity contribution in [2.24, 2.45) is 0 Å². The Hall–Kier alpha value is 1.27. The largest absolute Gasteiger partial charge is 0.375 e. The zero-order valence-corrected chi connectivity index (χ0v) is 4.69. The third kappa shape index (κ3) is 2.45. The van der Waals surface area contributed by atoms with E-state index in [0.29, 0.717) is 20.4 Å². The maximum absolute atomic E-state index is 2.30. The molecule has 0 N–H and O–H groups in total. The third-order valence-electron chi connectivity index (χ3n) is 0.908. The van der Waals surface area contributed by atoms with Crippen LogP contribution in [0.15, 0.2) is 12.2 Å². The van der Waals surface area contributed by atoms with Crippen LogP contribution in [0.5, 0.6) is 0 Å². The molecule has 1 aliphatic rings. The Balaban J connectivity index is 0.000000250. The van der Waals surface area contributed by atoms with Gasteiger partial charge in [-0.15, -0.1) is 21.3 Å². The van der Waals surface area contributed by atoms with Gasteiger partial charge in [-0.25, -0.2) is 0 Å². The second kappa shape index (κ2) is 4.43. The van der Waals surface area contributed by atoms with E-state index in [2.05, 4.69) is 12.2 Å². The summed E-state index contributed by atoms with van der Waals surface area (Å²) in [6.45, 7) is 0. The molecule has 0 aromatic carbocycles. The first-order valence-corrected chi connectivity index (χ1v) is 4.15. The summed E-state index contributed by atoms with van der Waals surface area (Å²) in [5.74, 6) is 0. The topological polar surface area (TPSA) is 0 Å². The minimum atomic E-state index is 0. The lowest BCUT2D eigenvalue weighted by molar-refractivity contribution is 1.75. The molecule has 2 heteroatoms. The molecular weight excluding hydrogens is 96.7 g/mol. The molecule has 0 bridgehead atoms. The fraction of sp³-hybridized carbons (Fsp3) is 0.500. The number of rotatable bonds is 0. The van der Waals surface area contributed by atoms with Crippen LogP contribution in [-0.2, 0) is 0 Å². The van der Waals surface area contributed by atoms with Crippen molar-refractivity contribution < 1.29 is 0 Å². The van der Waals surface area contributed by atoms with Gasteiger partial charge in [-0.3, -0.25) is 0 Å². The number of hydrogen-bond donors (Lipinski definition) is 0. The van der Waals surface area contributed by atoms with E-state index in [1.165, 1.54) is 9.10 Å². The monoisotopic (exact) mass is 104 g/mol. The Morgan fingerprint density at radius 1 is 1.17 bits per heavy atom. The molecule has 0 aromatic rings. The van der Waals surface area contributed by atoms with Crippen LogP contribution in [-0.4, -0.2) is 43.4 Å². The fourth-order valence-corrected chi connectivity index (χ4v) is 1.77. The van der Waals surface area contributed by atoms with Gasteiger partial charge in [0.1, 0.15) is 0 Å². The first kappa shape index (κ1) is 7.27. The van der Waals surface area contributed by atoms with E-state index in [-0.39, 0.29) is 23.1 Å². The Kier molecular flexibility index (Phi) is 5.37. The highest BCUT2D eigenvalue weighted by atomic mass is 24.5. The van der Waals surface area contributed by atoms with E-state index in [1.54, 1.807) is 0 Å². The molecule has 0 saturated carbocycles. The molecule has 28 valence electrons. The van der Waals surface area contributed by atoms with E-state index < -0.39 is 0 Å². The predicted octanol–water partition coefficient (Wildman–Crippen LogP) is 0.181. The van der Waals surface area contributed by atoms with Crippen LogP contribution in [0.1, 0.15) is 0 Å². The minimum absolute atomic E-state index is 0. The Morgan fingerprint density at radius 2 is 1.67 bits per heavy atom. The standard InChI is InChI=1S/C4H6.2Mg.2H/c1-3-4-2;;;;/h3-4H,1-2H2;;;;. The molecule has 0 fully saturated rings. The van der Waals surface area contributed by atoms with E-state index in [0.717, 1.165) is 0 Å². The highest BCUT2D eigenvalue weighted by molar-refractivity contribution is 6.38.